The Morgan fingerprint density at radius 1 is 0.943 bits per heavy atom. The van der Waals surface area contributed by atoms with E-state index in [9.17, 15) is 18.8 Å². The minimum absolute atomic E-state index is 0.241. The largest absolute Gasteiger partial charge is 0.495 e. The summed E-state index contributed by atoms with van der Waals surface area (Å²) in [4.78, 5) is 35.8. The average Bonchev–Trinajstić information content (AvgIpc) is 2.85. The number of nitrogens with zero attached hydrogens (tertiary/aromatic N) is 1. The Morgan fingerprint density at radius 3 is 2.29 bits per heavy atom. The molecule has 0 unspecified atom stereocenters. The molecule has 9 nitrogen and oxygen atoms in total. The third-order valence-corrected chi connectivity index (χ3v) is 4.67. The van der Waals surface area contributed by atoms with E-state index in [4.69, 9.17) is 21.1 Å². The summed E-state index contributed by atoms with van der Waals surface area (Å²) in [5, 5.41) is 9.01. The van der Waals surface area contributed by atoms with Crippen LogP contribution < -0.4 is 25.5 Å². The second kappa shape index (κ2) is 12.1. The van der Waals surface area contributed by atoms with Crippen molar-refractivity contribution in [3.63, 3.8) is 0 Å². The standard InChI is InChI=1S/C24H20ClFN4O5/c1-34-21-11-8-18(12-20(21)25)29-23(32)24(33)30-27-13-15-2-9-19(10-3-15)35-14-22(31)28-17-6-4-16(26)5-7-17/h2-13H,14H2,1H3,(H,28,31)(H,29,32)(H,30,33)/b27-13+. The van der Waals surface area contributed by atoms with Crippen molar-refractivity contribution in [2.75, 3.05) is 24.4 Å². The SMILES string of the molecule is COc1ccc(NC(=O)C(=O)N/N=C/c2ccc(OCC(=O)Nc3ccc(F)cc3)cc2)cc1Cl. The zero-order valence-electron chi connectivity index (χ0n) is 18.4. The van der Waals surface area contributed by atoms with Crippen LogP contribution in [0.1, 0.15) is 5.56 Å². The maximum Gasteiger partial charge on any atom is 0.329 e. The Morgan fingerprint density at radius 2 is 1.63 bits per heavy atom. The molecule has 3 aromatic rings. The Bertz CT molecular complexity index is 1230. The first-order valence-corrected chi connectivity index (χ1v) is 10.5. The second-order valence-corrected chi connectivity index (χ2v) is 7.32. The normalized spacial score (nSPS) is 10.5. The Kier molecular flexibility index (Phi) is 8.74. The number of carbonyl (C=O) groups excluding carboxylic acids is 3. The van der Waals surface area contributed by atoms with Gasteiger partial charge in [-0.25, -0.2) is 9.82 Å². The van der Waals surface area contributed by atoms with Gasteiger partial charge in [-0.3, -0.25) is 14.4 Å². The smallest absolute Gasteiger partial charge is 0.329 e. The van der Waals surface area contributed by atoms with E-state index in [0.717, 1.165) is 0 Å². The summed E-state index contributed by atoms with van der Waals surface area (Å²) in [6.07, 6.45) is 1.33. The molecule has 0 aromatic heterocycles. The van der Waals surface area contributed by atoms with E-state index < -0.39 is 23.5 Å². The number of methoxy groups -OCH3 is 1. The van der Waals surface area contributed by atoms with Gasteiger partial charge in [-0.05, 0) is 72.3 Å². The van der Waals surface area contributed by atoms with Crippen LogP contribution in [0.5, 0.6) is 11.5 Å². The molecule has 0 saturated heterocycles. The summed E-state index contributed by atoms with van der Waals surface area (Å²) < 4.78 is 23.3. The second-order valence-electron chi connectivity index (χ2n) is 6.92. The van der Waals surface area contributed by atoms with E-state index in [1.165, 1.54) is 49.7 Å². The van der Waals surface area contributed by atoms with Crippen molar-refractivity contribution < 1.29 is 28.2 Å². The average molecular weight is 499 g/mol. The molecular weight excluding hydrogens is 479 g/mol. The van der Waals surface area contributed by atoms with Crippen LogP contribution in [0.3, 0.4) is 0 Å². The number of ether oxygens (including phenoxy) is 2. The summed E-state index contributed by atoms with van der Waals surface area (Å²) in [7, 11) is 1.46. The predicted octanol–water partition coefficient (Wildman–Crippen LogP) is 3.59. The Labute approximate surface area is 204 Å². The van der Waals surface area contributed by atoms with E-state index in [2.05, 4.69) is 21.2 Å². The van der Waals surface area contributed by atoms with Gasteiger partial charge in [0.1, 0.15) is 17.3 Å². The lowest BCUT2D eigenvalue weighted by Gasteiger charge is -2.08. The lowest BCUT2D eigenvalue weighted by atomic mass is 10.2. The molecule has 0 radical (unpaired) electrons. The number of carbonyl (C=O) groups is 3. The lowest BCUT2D eigenvalue weighted by molar-refractivity contribution is -0.136. The van der Waals surface area contributed by atoms with E-state index in [1.807, 2.05) is 0 Å². The molecule has 0 aliphatic carbocycles. The first-order chi connectivity index (χ1) is 16.8. The Hall–Kier alpha value is -4.44. The maximum absolute atomic E-state index is 12.9. The molecule has 0 aliphatic heterocycles. The fourth-order valence-electron chi connectivity index (χ4n) is 2.68. The zero-order valence-corrected chi connectivity index (χ0v) is 19.1. The number of rotatable bonds is 8. The first kappa shape index (κ1) is 25.2. The molecule has 3 rings (SSSR count). The molecule has 0 heterocycles. The van der Waals surface area contributed by atoms with Crippen molar-refractivity contribution in [3.05, 3.63) is 83.1 Å². The number of hydrogen-bond acceptors (Lipinski definition) is 6. The maximum atomic E-state index is 12.9. The topological polar surface area (TPSA) is 118 Å². The van der Waals surface area contributed by atoms with Crippen molar-refractivity contribution in [2.24, 2.45) is 5.10 Å². The summed E-state index contributed by atoms with van der Waals surface area (Å²) >= 11 is 5.99. The highest BCUT2D eigenvalue weighted by molar-refractivity contribution is 6.40. The fourth-order valence-corrected chi connectivity index (χ4v) is 2.94. The van der Waals surface area contributed by atoms with Gasteiger partial charge in [0.25, 0.3) is 5.91 Å². The van der Waals surface area contributed by atoms with Gasteiger partial charge in [0, 0.05) is 11.4 Å². The number of benzene rings is 3. The third kappa shape index (κ3) is 7.83. The van der Waals surface area contributed by atoms with E-state index in [-0.39, 0.29) is 11.6 Å². The minimum Gasteiger partial charge on any atom is -0.495 e. The van der Waals surface area contributed by atoms with E-state index in [1.54, 1.807) is 30.3 Å². The third-order valence-electron chi connectivity index (χ3n) is 4.37. The highest BCUT2D eigenvalue weighted by Crippen LogP contribution is 2.27. The summed E-state index contributed by atoms with van der Waals surface area (Å²) in [6.45, 7) is -0.241. The van der Waals surface area contributed by atoms with Gasteiger partial charge in [-0.1, -0.05) is 11.6 Å². The summed E-state index contributed by atoms with van der Waals surface area (Å²) in [6, 6.07) is 16.4. The van der Waals surface area contributed by atoms with Gasteiger partial charge in [0.05, 0.1) is 18.3 Å². The molecule has 0 saturated carbocycles. The summed E-state index contributed by atoms with van der Waals surface area (Å²) in [5.74, 6) is -1.84. The van der Waals surface area contributed by atoms with Crippen LogP contribution in [0.25, 0.3) is 0 Å². The molecule has 3 amide bonds. The van der Waals surface area contributed by atoms with Crippen molar-refractivity contribution in [1.82, 2.24) is 5.43 Å². The van der Waals surface area contributed by atoms with Crippen LogP contribution in [-0.2, 0) is 14.4 Å². The molecule has 0 fully saturated rings. The van der Waals surface area contributed by atoms with Crippen LogP contribution in [0.4, 0.5) is 15.8 Å². The highest BCUT2D eigenvalue weighted by Gasteiger charge is 2.13. The van der Waals surface area contributed by atoms with Crippen LogP contribution in [0, 0.1) is 5.82 Å². The van der Waals surface area contributed by atoms with Gasteiger partial charge in [0.2, 0.25) is 0 Å². The molecule has 180 valence electrons. The quantitative estimate of drug-likeness (QED) is 0.249. The predicted molar refractivity (Wildman–Crippen MR) is 129 cm³/mol. The number of hydrazone groups is 1. The number of nitrogens with one attached hydrogen (secondary N) is 3. The van der Waals surface area contributed by atoms with Crippen LogP contribution >= 0.6 is 11.6 Å². The molecule has 0 spiro atoms. The van der Waals surface area contributed by atoms with Crippen LogP contribution in [-0.4, -0.2) is 37.7 Å². The zero-order chi connectivity index (χ0) is 25.2. The Balaban J connectivity index is 1.43. The molecule has 0 bridgehead atoms. The van der Waals surface area contributed by atoms with Gasteiger partial charge in [-0.15, -0.1) is 0 Å². The van der Waals surface area contributed by atoms with E-state index >= 15 is 0 Å². The molecule has 11 heteroatoms. The lowest BCUT2D eigenvalue weighted by Crippen LogP contribution is -2.32. The van der Waals surface area contributed by atoms with Crippen LogP contribution in [0.15, 0.2) is 71.8 Å². The number of amides is 3. The van der Waals surface area contributed by atoms with Crippen molar-refractivity contribution in [1.29, 1.82) is 0 Å². The minimum atomic E-state index is -0.972. The highest BCUT2D eigenvalue weighted by atomic mass is 35.5. The molecular formula is C24H20ClFN4O5. The fraction of sp³-hybridized carbons (Fsp3) is 0.0833. The molecule has 3 aromatic carbocycles. The first-order valence-electron chi connectivity index (χ1n) is 10.1. The van der Waals surface area contributed by atoms with Crippen LogP contribution in [0.2, 0.25) is 5.02 Å². The summed E-state index contributed by atoms with van der Waals surface area (Å²) in [5.41, 5.74) is 3.50. The van der Waals surface area contributed by atoms with Gasteiger partial charge < -0.3 is 20.1 Å². The van der Waals surface area contributed by atoms with Gasteiger partial charge in [-0.2, -0.15) is 5.10 Å². The molecule has 35 heavy (non-hydrogen) atoms. The number of halogens is 2. The molecule has 0 aliphatic rings. The van der Waals surface area contributed by atoms with Gasteiger partial charge in [0.15, 0.2) is 6.61 Å². The molecule has 3 N–H and O–H groups in total. The van der Waals surface area contributed by atoms with Gasteiger partial charge >= 0.3 is 11.8 Å². The van der Waals surface area contributed by atoms with Crippen molar-refractivity contribution in [2.45, 2.75) is 0 Å². The van der Waals surface area contributed by atoms with Crippen molar-refractivity contribution in [3.8, 4) is 11.5 Å². The van der Waals surface area contributed by atoms with Crippen molar-refractivity contribution >= 4 is 46.9 Å². The van der Waals surface area contributed by atoms with E-state index in [0.29, 0.717) is 28.4 Å². The number of hydrogen-bond donors (Lipinski definition) is 3. The number of anilines is 2. The monoisotopic (exact) mass is 498 g/mol. The molecule has 0 atom stereocenters.